The number of hydrogen-bond donors (Lipinski definition) is 2. The second kappa shape index (κ2) is 5.77. The first kappa shape index (κ1) is 6.01. The highest BCUT2D eigenvalue weighted by atomic mass is 16.6. The Balaban J connectivity index is 2.19. The molecule has 112 valence electrons. The Morgan fingerprint density at radius 2 is 2.62 bits per heavy atom. The van der Waals surface area contributed by atoms with E-state index in [1.54, 1.807) is 0 Å². The normalized spacial score (nSPS) is 31.0. The van der Waals surface area contributed by atoms with Crippen LogP contribution in [0.5, 0.6) is 0 Å². The Morgan fingerprint density at radius 1 is 1.71 bits per heavy atom. The number of aromatic amines is 1. The van der Waals surface area contributed by atoms with Gasteiger partial charge in [0.2, 0.25) is 0 Å². The molecule has 0 spiro atoms. The summed E-state index contributed by atoms with van der Waals surface area (Å²) in [4.78, 5) is 13.0. The number of nitrogens with one attached hydrogen (secondary N) is 2. The molecule has 0 unspecified atom stereocenters. The average Bonchev–Trinajstić information content (AvgIpc) is 3.15. The van der Waals surface area contributed by atoms with Gasteiger partial charge in [-0.25, -0.2) is 4.79 Å². The number of hydrogen-bond acceptors (Lipinski definition) is 3. The van der Waals surface area contributed by atoms with E-state index in [9.17, 15) is 4.79 Å². The molecule has 2 heterocycles. The zero-order valence-electron chi connectivity index (χ0n) is 22.4. The predicted molar refractivity (Wildman–Crippen MR) is 82.5 cm³/mol. The first-order valence-corrected chi connectivity index (χ1v) is 6.32. The van der Waals surface area contributed by atoms with Crippen molar-refractivity contribution in [2.75, 3.05) is 27.2 Å². The number of rotatable bonds is 5. The molecule has 1 atom stereocenters. The highest BCUT2D eigenvalue weighted by Crippen LogP contribution is 2.21. The van der Waals surface area contributed by atoms with Gasteiger partial charge >= 0.3 is 6.09 Å². The molecule has 0 saturated carbocycles. The van der Waals surface area contributed by atoms with Gasteiger partial charge in [-0.3, -0.25) is 0 Å². The highest BCUT2D eigenvalue weighted by Gasteiger charge is 2.22. The summed E-state index contributed by atoms with van der Waals surface area (Å²) in [6.45, 7) is -3.67. The lowest BCUT2D eigenvalue weighted by atomic mass is 10.0. The third-order valence-electron chi connectivity index (χ3n) is 2.94. The minimum Gasteiger partial charge on any atom is -0.447 e. The van der Waals surface area contributed by atoms with E-state index in [1.165, 1.54) is 7.05 Å². The highest BCUT2D eigenvalue weighted by molar-refractivity contribution is 5.84. The zero-order valence-corrected chi connectivity index (χ0v) is 11.4. The van der Waals surface area contributed by atoms with E-state index in [0.717, 1.165) is 11.1 Å². The van der Waals surface area contributed by atoms with Crippen LogP contribution in [0.3, 0.4) is 0 Å². The maximum atomic E-state index is 11.5. The van der Waals surface area contributed by atoms with E-state index in [4.69, 9.17) is 19.9 Å². The molecule has 2 N–H and O–H groups in total. The molecule has 0 bridgehead atoms. The van der Waals surface area contributed by atoms with Crippen LogP contribution in [0, 0.1) is 0 Å². The quantitative estimate of drug-likeness (QED) is 0.887. The molecule has 1 aromatic heterocycles. The van der Waals surface area contributed by atoms with E-state index in [0.29, 0.717) is 4.98 Å². The Bertz CT molecular complexity index is 1080. The number of alkyl carbamates (subject to hydrolysis) is 1. The van der Waals surface area contributed by atoms with Gasteiger partial charge in [0.05, 0.1) is 11.5 Å². The second-order valence-corrected chi connectivity index (χ2v) is 4.69. The van der Waals surface area contributed by atoms with Crippen LogP contribution in [-0.2, 0) is 17.5 Å². The number of cyclic esters (lactones) is 1. The number of carbonyl (C=O) groups is 1. The minimum atomic E-state index is -2.58. The largest absolute Gasteiger partial charge is 0.447 e. The van der Waals surface area contributed by atoms with Crippen LogP contribution in [-0.4, -0.2) is 49.2 Å². The molecule has 3 rings (SSSR count). The molecule has 0 aliphatic carbocycles. The molecular weight excluding hydrogens is 266 g/mol. The number of aromatic nitrogens is 1. The summed E-state index contributed by atoms with van der Waals surface area (Å²) in [6.07, 6.45) is -2.87. The van der Waals surface area contributed by atoms with E-state index in [1.807, 2.05) is 0 Å². The first-order valence-electron chi connectivity index (χ1n) is 11.7. The van der Waals surface area contributed by atoms with Gasteiger partial charge in [-0.05, 0) is 50.0 Å². The molecule has 0 radical (unpaired) electrons. The summed E-state index contributed by atoms with van der Waals surface area (Å²) >= 11 is 0. The molecule has 1 aliphatic rings. The van der Waals surface area contributed by atoms with Gasteiger partial charge in [-0.1, -0.05) is 6.04 Å². The fourth-order valence-electron chi connectivity index (χ4n) is 1.98. The third kappa shape index (κ3) is 3.19. The summed E-state index contributed by atoms with van der Waals surface area (Å²) in [5.74, 6) is 0. The smallest absolute Gasteiger partial charge is 0.407 e. The van der Waals surface area contributed by atoms with Crippen LogP contribution < -0.4 is 5.31 Å². The average molecular weight is 298 g/mol. The summed E-state index contributed by atoms with van der Waals surface area (Å²) in [5.41, 5.74) is -0.598. The maximum Gasteiger partial charge on any atom is 0.407 e. The lowest BCUT2D eigenvalue weighted by molar-refractivity contribution is 0.177. The van der Waals surface area contributed by atoms with Gasteiger partial charge in [0, 0.05) is 30.5 Å². The number of likely N-dealkylation sites (N-methyl/N-ethyl adjacent to an activating group) is 1. The van der Waals surface area contributed by atoms with Gasteiger partial charge in [-0.2, -0.15) is 0 Å². The van der Waals surface area contributed by atoms with Gasteiger partial charge in [0.15, 0.2) is 2.82 Å². The Kier molecular flexibility index (Phi) is 1.65. The summed E-state index contributed by atoms with van der Waals surface area (Å²) in [5, 5.41) is 0.117. The molecule has 5 nitrogen and oxygen atoms in total. The fourth-order valence-corrected chi connectivity index (χ4v) is 1.98. The van der Waals surface area contributed by atoms with Gasteiger partial charge in [-0.15, -0.1) is 0 Å². The number of benzene rings is 1. The van der Waals surface area contributed by atoms with E-state index in [2.05, 4.69) is 0 Å². The van der Waals surface area contributed by atoms with Crippen molar-refractivity contribution in [3.05, 3.63) is 35.5 Å². The van der Waals surface area contributed by atoms with Crippen molar-refractivity contribution in [1.82, 2.24) is 15.2 Å². The molecule has 5 heteroatoms. The number of fused-ring (bicyclic) bond motifs is 1. The van der Waals surface area contributed by atoms with Crippen molar-refractivity contribution in [3.8, 4) is 0 Å². The standard InChI is InChI=1S/C16H21N3O2/c1-19(2)6-5-12-9-17-15-4-3-11(8-14(12)15)7-13-10-21-16(20)18-13/h3-4,8-9,13,17H,5-7,10H2,1-2H3,(H,18,20)/t13-/m0/s1/i1D3,3D,4D,5D2,8D,13D/hD2. The number of ether oxygens (including phenoxy) is 1. The van der Waals surface area contributed by atoms with Gasteiger partial charge in [0.1, 0.15) is 6.61 Å². The van der Waals surface area contributed by atoms with Crippen molar-refractivity contribution in [2.24, 2.45) is 0 Å². The molecule has 1 saturated heterocycles. The number of carbonyl (C=O) groups excluding carboxylic acids is 1. The Labute approximate surface area is 139 Å². The Morgan fingerprint density at radius 3 is 3.38 bits per heavy atom. The first-order chi connectivity index (χ1) is 14.5. The van der Waals surface area contributed by atoms with Crippen molar-refractivity contribution in [2.45, 2.75) is 18.8 Å². The third-order valence-corrected chi connectivity index (χ3v) is 2.94. The van der Waals surface area contributed by atoms with Crippen molar-refractivity contribution >= 4 is 17.0 Å². The lowest BCUT2D eigenvalue weighted by Gasteiger charge is -2.09. The monoisotopic (exact) mass is 298 g/mol. The number of nitrogens with zero attached hydrogens (tertiary/aromatic N) is 1. The molecular formula is C16H21N3O2. The van der Waals surface area contributed by atoms with E-state index in [-0.39, 0.29) is 27.3 Å². The summed E-state index contributed by atoms with van der Waals surface area (Å²) in [6, 6.07) is -3.35. The number of amides is 1. The number of H-pyrrole nitrogens is 1. The molecule has 1 aromatic carbocycles. The fraction of sp³-hybridized carbons (Fsp3) is 0.438. The van der Waals surface area contributed by atoms with Crippen LogP contribution in [0.15, 0.2) is 24.3 Å². The Hall–Kier alpha value is -2.01. The van der Waals surface area contributed by atoms with Crippen LogP contribution in [0.1, 0.15) is 23.5 Å². The second-order valence-electron chi connectivity index (χ2n) is 4.69. The topological polar surface area (TPSA) is 57.4 Å². The molecule has 2 aromatic rings. The lowest BCUT2D eigenvalue weighted by Crippen LogP contribution is -2.28. The van der Waals surface area contributed by atoms with Crippen LogP contribution in [0.4, 0.5) is 4.79 Å². The van der Waals surface area contributed by atoms with Crippen LogP contribution in [0.25, 0.3) is 10.9 Å². The van der Waals surface area contributed by atoms with Crippen LogP contribution in [0.2, 0.25) is 2.82 Å². The van der Waals surface area contributed by atoms with Crippen molar-refractivity contribution in [1.29, 1.82) is 0 Å². The maximum absolute atomic E-state index is 11.5. The molecule has 21 heavy (non-hydrogen) atoms. The van der Waals surface area contributed by atoms with Gasteiger partial charge in [0.25, 0.3) is 0 Å². The SMILES string of the molecule is [2H]c1c(C[C@@]2([2H])COC(=O)N2[2H])c([2H])c2c(C([2H])([2H])CN(C)C([2H])([2H])[2H])cn([2H])c2c1[2H]. The molecule has 1 aliphatic heterocycles. The van der Waals surface area contributed by atoms with Crippen molar-refractivity contribution < 1.29 is 24.7 Å². The minimum absolute atomic E-state index is 0.162. The van der Waals surface area contributed by atoms with E-state index < -0.39 is 63.2 Å². The van der Waals surface area contributed by atoms with Crippen LogP contribution >= 0.6 is 0 Å². The predicted octanol–water partition coefficient (Wildman–Crippen LogP) is 1.92. The van der Waals surface area contributed by atoms with E-state index >= 15 is 0 Å². The zero-order chi connectivity index (χ0) is 24.4. The summed E-state index contributed by atoms with van der Waals surface area (Å²) in [7, 11) is 1.21. The van der Waals surface area contributed by atoms with Crippen molar-refractivity contribution in [3.63, 3.8) is 0 Å². The molecule has 1 fully saturated rings. The van der Waals surface area contributed by atoms with Gasteiger partial charge < -0.3 is 19.9 Å². The summed E-state index contributed by atoms with van der Waals surface area (Å²) < 4.78 is 93.2. The molecule has 1 amide bonds.